The minimum absolute atomic E-state index is 0.640. The third-order valence-electron chi connectivity index (χ3n) is 8.34. The van der Waals surface area contributed by atoms with Crippen LogP contribution in [-0.2, 0) is 0 Å². The van der Waals surface area contributed by atoms with Crippen molar-refractivity contribution >= 4 is 21.8 Å². The van der Waals surface area contributed by atoms with E-state index >= 15 is 0 Å². The van der Waals surface area contributed by atoms with E-state index in [1.54, 1.807) is 0 Å². The van der Waals surface area contributed by atoms with Crippen LogP contribution < -0.4 is 4.74 Å². The molecule has 0 aliphatic carbocycles. The molecule has 0 atom stereocenters. The van der Waals surface area contributed by atoms with E-state index in [1.165, 1.54) is 0 Å². The van der Waals surface area contributed by atoms with Gasteiger partial charge in [-0.05, 0) is 53.4 Å². The monoisotopic (exact) mass is 576 g/mol. The quantitative estimate of drug-likeness (QED) is 0.209. The van der Waals surface area contributed by atoms with Gasteiger partial charge in [0.1, 0.15) is 11.5 Å². The Morgan fingerprint density at radius 2 is 1.13 bits per heavy atom. The maximum absolute atomic E-state index is 6.31. The summed E-state index contributed by atoms with van der Waals surface area (Å²) < 4.78 is 6.31. The molecule has 8 aromatic rings. The molecule has 2 aromatic heterocycles. The molecule has 0 bridgehead atoms. The lowest BCUT2D eigenvalue weighted by Crippen LogP contribution is -1.98. The van der Waals surface area contributed by atoms with E-state index < -0.39 is 0 Å². The van der Waals surface area contributed by atoms with Crippen molar-refractivity contribution in [3.8, 4) is 67.8 Å². The second kappa shape index (κ2) is 10.2. The predicted molar refractivity (Wildman–Crippen MR) is 180 cm³/mol. The van der Waals surface area contributed by atoms with Gasteiger partial charge in [0, 0.05) is 33.2 Å². The van der Waals surface area contributed by atoms with E-state index in [1.807, 2.05) is 91.1 Å². The Kier molecular flexibility index (Phi) is 5.74. The summed E-state index contributed by atoms with van der Waals surface area (Å²) in [4.78, 5) is 20.0. The molecule has 3 heterocycles. The molecule has 6 aromatic carbocycles. The molecule has 0 unspecified atom stereocenters. The topological polar surface area (TPSA) is 60.8 Å². The molecule has 210 valence electrons. The van der Waals surface area contributed by atoms with Crippen LogP contribution >= 0.6 is 0 Å². The maximum Gasteiger partial charge on any atom is 0.160 e. The second-order valence-electron chi connectivity index (χ2n) is 11.1. The molecule has 5 nitrogen and oxygen atoms in total. The fourth-order valence-electron chi connectivity index (χ4n) is 6.17. The number of hydrogen-bond donors (Lipinski definition) is 0. The van der Waals surface area contributed by atoms with Crippen LogP contribution in [0.15, 0.2) is 146 Å². The van der Waals surface area contributed by atoms with E-state index in [-0.39, 0.29) is 0 Å². The van der Waals surface area contributed by atoms with E-state index in [2.05, 4.69) is 54.6 Å². The van der Waals surface area contributed by atoms with E-state index in [4.69, 9.17) is 24.7 Å². The molecular weight excluding hydrogens is 552 g/mol. The summed E-state index contributed by atoms with van der Waals surface area (Å²) in [6.45, 7) is 0. The molecule has 45 heavy (non-hydrogen) atoms. The smallest absolute Gasteiger partial charge is 0.160 e. The largest absolute Gasteiger partial charge is 0.456 e. The SMILES string of the molecule is c1ccc(-c2cc(-c3ccccc3)nc(-c3ccc4ncc(-c5ccc6c7c(cccc57)-c5ccccc5O6)nc4c3)n2)cc1. The van der Waals surface area contributed by atoms with Gasteiger partial charge in [-0.15, -0.1) is 0 Å². The fourth-order valence-corrected chi connectivity index (χ4v) is 6.17. The summed E-state index contributed by atoms with van der Waals surface area (Å²) in [7, 11) is 0. The first-order valence-corrected chi connectivity index (χ1v) is 14.9. The summed E-state index contributed by atoms with van der Waals surface area (Å²) >= 11 is 0. The summed E-state index contributed by atoms with van der Waals surface area (Å²) in [6, 6.07) is 47.2. The molecule has 9 rings (SSSR count). The van der Waals surface area contributed by atoms with Crippen molar-refractivity contribution in [2.45, 2.75) is 0 Å². The maximum atomic E-state index is 6.31. The number of hydrogen-bond acceptors (Lipinski definition) is 5. The Bertz CT molecular complexity index is 2350. The van der Waals surface area contributed by atoms with Crippen molar-refractivity contribution in [3.05, 3.63) is 146 Å². The van der Waals surface area contributed by atoms with Crippen molar-refractivity contribution < 1.29 is 4.74 Å². The molecular formula is C40H24N4O. The zero-order valence-corrected chi connectivity index (χ0v) is 24.1. The average Bonchev–Trinajstić information content (AvgIpc) is 3.12. The first-order chi connectivity index (χ1) is 22.3. The van der Waals surface area contributed by atoms with Crippen molar-refractivity contribution in [3.63, 3.8) is 0 Å². The molecule has 0 saturated carbocycles. The zero-order chi connectivity index (χ0) is 29.7. The van der Waals surface area contributed by atoms with Gasteiger partial charge in [0.25, 0.3) is 0 Å². The van der Waals surface area contributed by atoms with Crippen molar-refractivity contribution in [1.29, 1.82) is 0 Å². The third-order valence-corrected chi connectivity index (χ3v) is 8.34. The molecule has 5 heteroatoms. The molecule has 0 N–H and O–H groups in total. The highest BCUT2D eigenvalue weighted by molar-refractivity contribution is 6.09. The number of para-hydroxylation sites is 1. The average molecular weight is 577 g/mol. The normalized spacial score (nSPS) is 11.7. The molecule has 1 aliphatic heterocycles. The Hall–Kier alpha value is -6.20. The van der Waals surface area contributed by atoms with Gasteiger partial charge < -0.3 is 4.74 Å². The molecule has 0 spiro atoms. The summed E-state index contributed by atoms with van der Waals surface area (Å²) in [6.07, 6.45) is 1.85. The summed E-state index contributed by atoms with van der Waals surface area (Å²) in [5.41, 5.74) is 10.3. The van der Waals surface area contributed by atoms with Crippen molar-refractivity contribution in [2.24, 2.45) is 0 Å². The zero-order valence-electron chi connectivity index (χ0n) is 24.1. The van der Waals surface area contributed by atoms with Gasteiger partial charge in [0.15, 0.2) is 5.82 Å². The molecule has 0 radical (unpaired) electrons. The number of ether oxygens (including phenoxy) is 1. The second-order valence-corrected chi connectivity index (χ2v) is 11.1. The van der Waals surface area contributed by atoms with Gasteiger partial charge in [0.2, 0.25) is 0 Å². The lowest BCUT2D eigenvalue weighted by molar-refractivity contribution is 0.487. The Balaban J connectivity index is 1.18. The van der Waals surface area contributed by atoms with Gasteiger partial charge in [-0.3, -0.25) is 4.98 Å². The highest BCUT2D eigenvalue weighted by Crippen LogP contribution is 2.48. The van der Waals surface area contributed by atoms with E-state index in [9.17, 15) is 0 Å². The number of aromatic nitrogens is 4. The van der Waals surface area contributed by atoms with Gasteiger partial charge >= 0.3 is 0 Å². The highest BCUT2D eigenvalue weighted by atomic mass is 16.5. The number of rotatable bonds is 4. The predicted octanol–water partition coefficient (Wildman–Crippen LogP) is 10.0. The molecule has 0 amide bonds. The standard InChI is InChI=1S/C40H24N4O/c1-3-10-25(11-4-1)33-23-34(26-12-5-2-6-13-26)44-40(43-33)27-18-20-32-35(22-27)42-36(24-41-32)28-19-21-38-39-30(28)15-9-16-31(39)29-14-7-8-17-37(29)45-38/h1-24H. The van der Waals surface area contributed by atoms with Crippen LogP contribution in [0.2, 0.25) is 0 Å². The van der Waals surface area contributed by atoms with E-state index in [0.717, 1.165) is 83.8 Å². The van der Waals surface area contributed by atoms with Gasteiger partial charge in [-0.2, -0.15) is 0 Å². The Morgan fingerprint density at radius 3 is 1.91 bits per heavy atom. The molecule has 1 aliphatic rings. The van der Waals surface area contributed by atoms with Gasteiger partial charge in [-0.1, -0.05) is 97.1 Å². The van der Waals surface area contributed by atoms with Crippen LogP contribution in [0.25, 0.3) is 78.1 Å². The molecule has 0 saturated heterocycles. The van der Waals surface area contributed by atoms with Gasteiger partial charge in [0.05, 0.1) is 34.3 Å². The number of nitrogens with zero attached hydrogens (tertiary/aromatic N) is 4. The van der Waals surface area contributed by atoms with Crippen LogP contribution in [0, 0.1) is 0 Å². The summed E-state index contributed by atoms with van der Waals surface area (Å²) in [5.74, 6) is 2.36. The molecule has 0 fully saturated rings. The van der Waals surface area contributed by atoms with Crippen LogP contribution in [0.1, 0.15) is 0 Å². The van der Waals surface area contributed by atoms with Crippen LogP contribution in [0.5, 0.6) is 11.5 Å². The number of benzene rings is 6. The first-order valence-electron chi connectivity index (χ1n) is 14.9. The van der Waals surface area contributed by atoms with Crippen molar-refractivity contribution in [1.82, 2.24) is 19.9 Å². The van der Waals surface area contributed by atoms with Crippen molar-refractivity contribution in [2.75, 3.05) is 0 Å². The third kappa shape index (κ3) is 4.33. The Labute approximate surface area is 259 Å². The van der Waals surface area contributed by atoms with E-state index in [0.29, 0.717) is 5.82 Å². The minimum atomic E-state index is 0.640. The van der Waals surface area contributed by atoms with Crippen LogP contribution in [0.4, 0.5) is 0 Å². The fraction of sp³-hybridized carbons (Fsp3) is 0. The lowest BCUT2D eigenvalue weighted by atomic mass is 9.92. The minimum Gasteiger partial charge on any atom is -0.456 e. The van der Waals surface area contributed by atoms with Crippen LogP contribution in [0.3, 0.4) is 0 Å². The highest BCUT2D eigenvalue weighted by Gasteiger charge is 2.21. The van der Waals surface area contributed by atoms with Gasteiger partial charge in [-0.25, -0.2) is 15.0 Å². The number of fused-ring (bicyclic) bond motifs is 3. The van der Waals surface area contributed by atoms with Crippen LogP contribution in [-0.4, -0.2) is 19.9 Å². The Morgan fingerprint density at radius 1 is 0.422 bits per heavy atom. The first kappa shape index (κ1) is 25.3. The summed E-state index contributed by atoms with van der Waals surface area (Å²) in [5, 5.41) is 2.17. The lowest BCUT2D eigenvalue weighted by Gasteiger charge is -2.22.